The lowest BCUT2D eigenvalue weighted by Crippen LogP contribution is -2.40. The maximum absolute atomic E-state index is 13.9. The number of hydrogen-bond donors (Lipinski definition) is 0. The molecule has 0 saturated carbocycles. The van der Waals surface area contributed by atoms with E-state index in [0.29, 0.717) is 18.4 Å². The monoisotopic (exact) mass is 446 g/mol. The fraction of sp³-hybridized carbons (Fsp3) is 0.538. The molecule has 2 saturated heterocycles. The summed E-state index contributed by atoms with van der Waals surface area (Å²) < 4.78 is 11.2. The molecule has 7 heteroatoms. The third-order valence-electron chi connectivity index (χ3n) is 7.48. The summed E-state index contributed by atoms with van der Waals surface area (Å²) in [5, 5.41) is 5.27. The number of carbonyl (C=O) groups is 1. The fourth-order valence-electron chi connectivity index (χ4n) is 5.67. The van der Waals surface area contributed by atoms with Crippen LogP contribution in [0.4, 0.5) is 0 Å². The van der Waals surface area contributed by atoms with E-state index in [0.717, 1.165) is 105 Å². The van der Waals surface area contributed by atoms with Gasteiger partial charge in [-0.3, -0.25) is 9.78 Å². The minimum atomic E-state index is 0.0905. The second-order valence-corrected chi connectivity index (χ2v) is 9.60. The summed E-state index contributed by atoms with van der Waals surface area (Å²) in [4.78, 5) is 25.6. The standard InChI is InChI=1S/C26H30N4O3/c31-26(23-19-7-1-3-9-21(19)27-22-10-4-2-8-20(22)23)30-13-5-6-18(16-30)25-28-24(29-33-25)17-11-14-32-15-12-17/h1,3,7,9,17-18H,2,4-6,8,10-16H2. The summed E-state index contributed by atoms with van der Waals surface area (Å²) in [5.41, 5.74) is 4.05. The molecule has 1 atom stereocenters. The zero-order chi connectivity index (χ0) is 22.2. The van der Waals surface area contributed by atoms with E-state index in [9.17, 15) is 4.79 Å². The lowest BCUT2D eigenvalue weighted by Gasteiger charge is -2.32. The van der Waals surface area contributed by atoms with Crippen LogP contribution in [0.3, 0.4) is 0 Å². The molecule has 33 heavy (non-hydrogen) atoms. The van der Waals surface area contributed by atoms with Gasteiger partial charge in [0.05, 0.1) is 17.0 Å². The lowest BCUT2D eigenvalue weighted by atomic mass is 9.88. The molecule has 2 aromatic heterocycles. The molecule has 3 aliphatic rings. The molecule has 6 rings (SSSR count). The van der Waals surface area contributed by atoms with Crippen LogP contribution in [0.5, 0.6) is 0 Å². The van der Waals surface area contributed by atoms with Gasteiger partial charge in [0, 0.05) is 43.3 Å². The molecule has 172 valence electrons. The molecule has 7 nitrogen and oxygen atoms in total. The van der Waals surface area contributed by atoms with Crippen LogP contribution in [-0.2, 0) is 17.6 Å². The number of aromatic nitrogens is 3. The zero-order valence-electron chi connectivity index (χ0n) is 19.0. The Morgan fingerprint density at radius 3 is 2.73 bits per heavy atom. The Bertz CT molecular complexity index is 1170. The first-order chi connectivity index (χ1) is 16.3. The molecule has 2 aliphatic heterocycles. The molecule has 2 fully saturated rings. The molecule has 3 aromatic rings. The van der Waals surface area contributed by atoms with E-state index in [1.165, 1.54) is 0 Å². The van der Waals surface area contributed by atoms with Gasteiger partial charge >= 0.3 is 0 Å². The number of benzene rings is 1. The van der Waals surface area contributed by atoms with Gasteiger partial charge in [-0.1, -0.05) is 23.4 Å². The summed E-state index contributed by atoms with van der Waals surface area (Å²) in [6, 6.07) is 8.08. The maximum Gasteiger partial charge on any atom is 0.254 e. The second kappa shape index (κ2) is 8.86. The van der Waals surface area contributed by atoms with E-state index < -0.39 is 0 Å². The highest BCUT2D eigenvalue weighted by molar-refractivity contribution is 6.07. The number of piperidine rings is 1. The van der Waals surface area contributed by atoms with Gasteiger partial charge in [-0.15, -0.1) is 0 Å². The van der Waals surface area contributed by atoms with Crippen LogP contribution in [0.1, 0.15) is 83.7 Å². The maximum atomic E-state index is 13.9. The molecule has 1 aromatic carbocycles. The van der Waals surface area contributed by atoms with Crippen LogP contribution in [0.15, 0.2) is 28.8 Å². The third kappa shape index (κ3) is 3.92. The molecular weight excluding hydrogens is 416 g/mol. The smallest absolute Gasteiger partial charge is 0.254 e. The van der Waals surface area contributed by atoms with Crippen molar-refractivity contribution in [2.24, 2.45) is 0 Å². The minimum Gasteiger partial charge on any atom is -0.381 e. The summed E-state index contributed by atoms with van der Waals surface area (Å²) in [5.74, 6) is 2.00. The first-order valence-electron chi connectivity index (χ1n) is 12.4. The van der Waals surface area contributed by atoms with Gasteiger partial charge in [-0.25, -0.2) is 0 Å². The molecule has 0 radical (unpaired) electrons. The Kier molecular flexibility index (Phi) is 5.58. The van der Waals surface area contributed by atoms with Crippen molar-refractivity contribution in [2.45, 2.75) is 63.2 Å². The SMILES string of the molecule is O=C(c1c2c(nc3ccccc13)CCCC2)N1CCCC(c2nc(C3CCOCC3)no2)C1. The van der Waals surface area contributed by atoms with Crippen LogP contribution < -0.4 is 0 Å². The van der Waals surface area contributed by atoms with Crippen molar-refractivity contribution >= 4 is 16.8 Å². The van der Waals surface area contributed by atoms with Crippen LogP contribution in [0, 0.1) is 0 Å². The van der Waals surface area contributed by atoms with E-state index >= 15 is 0 Å². The average Bonchev–Trinajstić information content (AvgIpc) is 3.38. The van der Waals surface area contributed by atoms with Crippen molar-refractivity contribution in [1.82, 2.24) is 20.0 Å². The van der Waals surface area contributed by atoms with Gasteiger partial charge in [0.15, 0.2) is 5.82 Å². The second-order valence-electron chi connectivity index (χ2n) is 9.60. The highest BCUT2D eigenvalue weighted by atomic mass is 16.5. The van der Waals surface area contributed by atoms with E-state index in [2.05, 4.69) is 5.16 Å². The zero-order valence-corrected chi connectivity index (χ0v) is 19.0. The highest BCUT2D eigenvalue weighted by Crippen LogP contribution is 2.33. The van der Waals surface area contributed by atoms with Crippen LogP contribution >= 0.6 is 0 Å². The van der Waals surface area contributed by atoms with Crippen LogP contribution in [0.2, 0.25) is 0 Å². The minimum absolute atomic E-state index is 0.0905. The first kappa shape index (κ1) is 20.8. The van der Waals surface area contributed by atoms with Gasteiger partial charge in [-0.2, -0.15) is 4.98 Å². The number of para-hydroxylation sites is 1. The molecule has 1 amide bonds. The Morgan fingerprint density at radius 1 is 0.970 bits per heavy atom. The Hall–Kier alpha value is -2.80. The molecule has 1 aliphatic carbocycles. The van der Waals surface area contributed by atoms with Crippen LogP contribution in [-0.4, -0.2) is 52.2 Å². The summed E-state index contributed by atoms with van der Waals surface area (Å²) in [6.07, 6.45) is 7.94. The predicted octanol–water partition coefficient (Wildman–Crippen LogP) is 4.41. The highest BCUT2D eigenvalue weighted by Gasteiger charge is 2.33. The van der Waals surface area contributed by atoms with Crippen molar-refractivity contribution in [3.8, 4) is 0 Å². The number of fused-ring (bicyclic) bond motifs is 2. The largest absolute Gasteiger partial charge is 0.381 e. The van der Waals surface area contributed by atoms with E-state index in [4.69, 9.17) is 19.2 Å². The van der Waals surface area contributed by atoms with Crippen LogP contribution in [0.25, 0.3) is 10.9 Å². The number of pyridine rings is 1. The predicted molar refractivity (Wildman–Crippen MR) is 123 cm³/mol. The Morgan fingerprint density at radius 2 is 1.82 bits per heavy atom. The van der Waals surface area contributed by atoms with Gasteiger partial charge in [-0.05, 0) is 63.0 Å². The van der Waals surface area contributed by atoms with E-state index in [1.54, 1.807) is 0 Å². The molecule has 1 unspecified atom stereocenters. The van der Waals surface area contributed by atoms with Gasteiger partial charge in [0.1, 0.15) is 0 Å². The van der Waals surface area contributed by atoms with E-state index in [1.807, 2.05) is 29.2 Å². The van der Waals surface area contributed by atoms with Crippen molar-refractivity contribution in [1.29, 1.82) is 0 Å². The number of amides is 1. The quantitative estimate of drug-likeness (QED) is 0.593. The summed E-state index contributed by atoms with van der Waals surface area (Å²) in [7, 11) is 0. The number of hydrogen-bond acceptors (Lipinski definition) is 6. The molecule has 0 spiro atoms. The molecule has 4 heterocycles. The number of carbonyl (C=O) groups excluding carboxylic acids is 1. The van der Waals surface area contributed by atoms with Crippen molar-refractivity contribution < 1.29 is 14.1 Å². The molecular formula is C26H30N4O3. The van der Waals surface area contributed by atoms with Gasteiger partial charge in [0.25, 0.3) is 5.91 Å². The van der Waals surface area contributed by atoms with Crippen molar-refractivity contribution in [2.75, 3.05) is 26.3 Å². The normalized spacial score (nSPS) is 21.8. The van der Waals surface area contributed by atoms with Gasteiger partial charge in [0.2, 0.25) is 5.89 Å². The van der Waals surface area contributed by atoms with E-state index in [-0.39, 0.29) is 11.8 Å². The number of rotatable bonds is 3. The summed E-state index contributed by atoms with van der Waals surface area (Å²) >= 11 is 0. The third-order valence-corrected chi connectivity index (χ3v) is 7.48. The van der Waals surface area contributed by atoms with Crippen molar-refractivity contribution in [3.63, 3.8) is 0 Å². The molecule has 0 bridgehead atoms. The number of aryl methyl sites for hydroxylation is 1. The average molecular weight is 447 g/mol. The number of ether oxygens (including phenoxy) is 1. The number of likely N-dealkylation sites (tertiary alicyclic amines) is 1. The van der Waals surface area contributed by atoms with Crippen molar-refractivity contribution in [3.05, 3.63) is 52.8 Å². The topological polar surface area (TPSA) is 81.4 Å². The Labute approximate surface area is 193 Å². The lowest BCUT2D eigenvalue weighted by molar-refractivity contribution is 0.0696. The van der Waals surface area contributed by atoms with Gasteiger partial charge < -0.3 is 14.2 Å². The fourth-order valence-corrected chi connectivity index (χ4v) is 5.67. The Balaban J connectivity index is 1.28. The summed E-state index contributed by atoms with van der Waals surface area (Å²) in [6.45, 7) is 2.90. The molecule has 0 N–H and O–H groups in total. The number of nitrogens with zero attached hydrogens (tertiary/aromatic N) is 4. The first-order valence-corrected chi connectivity index (χ1v) is 12.4.